The summed E-state index contributed by atoms with van der Waals surface area (Å²) in [5.41, 5.74) is 1.37. The SMILES string of the molecule is CCN1CCc2c(sc3nc(CN(C)C)nc(Cl)c23)C1. The summed E-state index contributed by atoms with van der Waals surface area (Å²) in [6.45, 7) is 6.15. The lowest BCUT2D eigenvalue weighted by Crippen LogP contribution is -2.29. The van der Waals surface area contributed by atoms with E-state index in [1.165, 1.54) is 10.4 Å². The molecule has 3 heterocycles. The number of thiophene rings is 1. The third-order valence-corrected chi connectivity index (χ3v) is 5.07. The van der Waals surface area contributed by atoms with Crippen LogP contribution in [-0.4, -0.2) is 47.0 Å². The third kappa shape index (κ3) is 2.55. The Kier molecular flexibility index (Phi) is 3.95. The molecule has 0 N–H and O–H groups in total. The first kappa shape index (κ1) is 14.2. The zero-order chi connectivity index (χ0) is 14.3. The van der Waals surface area contributed by atoms with Gasteiger partial charge in [-0.25, -0.2) is 9.97 Å². The van der Waals surface area contributed by atoms with Crippen molar-refractivity contribution in [2.45, 2.75) is 26.4 Å². The zero-order valence-corrected chi connectivity index (χ0v) is 13.7. The van der Waals surface area contributed by atoms with E-state index in [0.29, 0.717) is 5.15 Å². The van der Waals surface area contributed by atoms with Gasteiger partial charge in [-0.2, -0.15) is 0 Å². The Morgan fingerprint density at radius 3 is 2.85 bits per heavy atom. The number of aromatic nitrogens is 2. The first-order valence-electron chi connectivity index (χ1n) is 6.92. The molecule has 20 heavy (non-hydrogen) atoms. The van der Waals surface area contributed by atoms with Crippen LogP contribution in [0.3, 0.4) is 0 Å². The van der Waals surface area contributed by atoms with Gasteiger partial charge >= 0.3 is 0 Å². The molecule has 1 aliphatic rings. The summed E-state index contributed by atoms with van der Waals surface area (Å²) in [4.78, 5) is 16.1. The highest BCUT2D eigenvalue weighted by Crippen LogP contribution is 2.37. The lowest BCUT2D eigenvalue weighted by atomic mass is 10.1. The molecule has 0 saturated carbocycles. The van der Waals surface area contributed by atoms with E-state index in [1.807, 2.05) is 14.1 Å². The second-order valence-corrected chi connectivity index (χ2v) is 6.91. The van der Waals surface area contributed by atoms with Crippen LogP contribution in [-0.2, 0) is 19.5 Å². The van der Waals surface area contributed by atoms with Gasteiger partial charge in [-0.05, 0) is 32.6 Å². The van der Waals surface area contributed by atoms with Crippen LogP contribution < -0.4 is 0 Å². The fourth-order valence-electron chi connectivity index (χ4n) is 2.67. The molecule has 1 aliphatic heterocycles. The Bertz CT molecular complexity index is 638. The molecule has 6 heteroatoms. The highest BCUT2D eigenvalue weighted by molar-refractivity contribution is 7.19. The first-order chi connectivity index (χ1) is 9.58. The van der Waals surface area contributed by atoms with Crippen LogP contribution >= 0.6 is 22.9 Å². The fourth-order valence-corrected chi connectivity index (χ4v) is 4.31. The second-order valence-electron chi connectivity index (χ2n) is 5.47. The highest BCUT2D eigenvalue weighted by atomic mass is 35.5. The van der Waals surface area contributed by atoms with Gasteiger partial charge in [-0.15, -0.1) is 11.3 Å². The Morgan fingerprint density at radius 2 is 2.15 bits per heavy atom. The molecule has 0 aromatic carbocycles. The van der Waals surface area contributed by atoms with Crippen molar-refractivity contribution in [3.8, 4) is 0 Å². The predicted octanol–water partition coefficient (Wildman–Crippen LogP) is 2.78. The van der Waals surface area contributed by atoms with E-state index < -0.39 is 0 Å². The molecule has 108 valence electrons. The van der Waals surface area contributed by atoms with Crippen molar-refractivity contribution in [1.29, 1.82) is 0 Å². The number of likely N-dealkylation sites (N-methyl/N-ethyl adjacent to an activating group) is 1. The van der Waals surface area contributed by atoms with Gasteiger partial charge < -0.3 is 4.90 Å². The molecule has 0 radical (unpaired) electrons. The van der Waals surface area contributed by atoms with Crippen molar-refractivity contribution < 1.29 is 0 Å². The van der Waals surface area contributed by atoms with Crippen LogP contribution in [0.25, 0.3) is 10.2 Å². The Labute approximate surface area is 128 Å². The van der Waals surface area contributed by atoms with Gasteiger partial charge in [-0.3, -0.25) is 4.90 Å². The fraction of sp³-hybridized carbons (Fsp3) is 0.571. The summed E-state index contributed by atoms with van der Waals surface area (Å²) < 4.78 is 0. The van der Waals surface area contributed by atoms with Gasteiger partial charge in [0, 0.05) is 18.0 Å². The molecule has 3 rings (SSSR count). The van der Waals surface area contributed by atoms with Crippen LogP contribution in [0.15, 0.2) is 0 Å². The molecular weight excluding hydrogens is 292 g/mol. The number of fused-ring (bicyclic) bond motifs is 3. The maximum atomic E-state index is 6.42. The number of nitrogens with zero attached hydrogens (tertiary/aromatic N) is 4. The number of hydrogen-bond acceptors (Lipinski definition) is 5. The normalized spacial score (nSPS) is 16.1. The summed E-state index contributed by atoms with van der Waals surface area (Å²) in [5, 5.41) is 1.71. The van der Waals surface area contributed by atoms with E-state index >= 15 is 0 Å². The van der Waals surface area contributed by atoms with E-state index in [2.05, 4.69) is 21.7 Å². The molecule has 0 fully saturated rings. The number of halogens is 1. The van der Waals surface area contributed by atoms with Crippen LogP contribution in [0.5, 0.6) is 0 Å². The molecule has 0 saturated heterocycles. The molecular formula is C14H19ClN4S. The minimum atomic E-state index is 0.620. The number of hydrogen-bond donors (Lipinski definition) is 0. The average Bonchev–Trinajstić information content (AvgIpc) is 2.74. The molecule has 2 aromatic rings. The van der Waals surface area contributed by atoms with Crippen LogP contribution in [0.1, 0.15) is 23.2 Å². The summed E-state index contributed by atoms with van der Waals surface area (Å²) in [6.07, 6.45) is 1.05. The molecule has 0 aliphatic carbocycles. The lowest BCUT2D eigenvalue weighted by molar-refractivity contribution is 0.272. The smallest absolute Gasteiger partial charge is 0.145 e. The minimum absolute atomic E-state index is 0.620. The Hall–Kier alpha value is -0.750. The summed E-state index contributed by atoms with van der Waals surface area (Å²) in [5.74, 6) is 0.804. The number of rotatable bonds is 3. The van der Waals surface area contributed by atoms with E-state index in [-0.39, 0.29) is 0 Å². The van der Waals surface area contributed by atoms with Gasteiger partial charge in [-0.1, -0.05) is 18.5 Å². The van der Waals surface area contributed by atoms with Gasteiger partial charge in [0.05, 0.1) is 11.9 Å². The van der Waals surface area contributed by atoms with Crippen molar-refractivity contribution in [2.24, 2.45) is 0 Å². The van der Waals surface area contributed by atoms with Crippen LogP contribution in [0, 0.1) is 0 Å². The van der Waals surface area contributed by atoms with Gasteiger partial charge in [0.15, 0.2) is 0 Å². The first-order valence-corrected chi connectivity index (χ1v) is 8.11. The maximum Gasteiger partial charge on any atom is 0.145 e. The van der Waals surface area contributed by atoms with E-state index in [9.17, 15) is 0 Å². The van der Waals surface area contributed by atoms with Crippen molar-refractivity contribution in [2.75, 3.05) is 27.2 Å². The molecule has 0 bridgehead atoms. The van der Waals surface area contributed by atoms with Crippen LogP contribution in [0.2, 0.25) is 5.15 Å². The molecule has 0 amide bonds. The maximum absolute atomic E-state index is 6.42. The molecule has 0 atom stereocenters. The quantitative estimate of drug-likeness (QED) is 0.816. The zero-order valence-electron chi connectivity index (χ0n) is 12.1. The van der Waals surface area contributed by atoms with Crippen molar-refractivity contribution in [1.82, 2.24) is 19.8 Å². The average molecular weight is 311 g/mol. The monoisotopic (exact) mass is 310 g/mol. The van der Waals surface area contributed by atoms with Gasteiger partial charge in [0.25, 0.3) is 0 Å². The van der Waals surface area contributed by atoms with E-state index in [0.717, 1.165) is 48.6 Å². The topological polar surface area (TPSA) is 32.3 Å². The van der Waals surface area contributed by atoms with Gasteiger partial charge in [0.1, 0.15) is 15.8 Å². The molecule has 0 unspecified atom stereocenters. The summed E-state index contributed by atoms with van der Waals surface area (Å²) in [7, 11) is 4.03. The van der Waals surface area contributed by atoms with E-state index in [1.54, 1.807) is 11.3 Å². The minimum Gasteiger partial charge on any atom is -0.302 e. The molecule has 2 aromatic heterocycles. The molecule has 4 nitrogen and oxygen atoms in total. The highest BCUT2D eigenvalue weighted by Gasteiger charge is 2.23. The van der Waals surface area contributed by atoms with E-state index in [4.69, 9.17) is 16.6 Å². The largest absolute Gasteiger partial charge is 0.302 e. The van der Waals surface area contributed by atoms with Crippen LogP contribution in [0.4, 0.5) is 0 Å². The molecule has 0 spiro atoms. The summed E-state index contributed by atoms with van der Waals surface area (Å²) in [6, 6.07) is 0. The standard InChI is InChI=1S/C14H19ClN4S/c1-4-19-6-5-9-10(7-19)20-14-12(9)13(15)16-11(17-14)8-18(2)3/h4-8H2,1-3H3. The summed E-state index contributed by atoms with van der Waals surface area (Å²) >= 11 is 8.20. The van der Waals surface area contributed by atoms with Gasteiger partial charge in [0.2, 0.25) is 0 Å². The third-order valence-electron chi connectivity index (χ3n) is 3.69. The predicted molar refractivity (Wildman–Crippen MR) is 84.5 cm³/mol. The van der Waals surface area contributed by atoms with Crippen molar-refractivity contribution >= 4 is 33.2 Å². The van der Waals surface area contributed by atoms with Crippen molar-refractivity contribution in [3.05, 3.63) is 21.4 Å². The Balaban J connectivity index is 2.06. The second kappa shape index (κ2) is 5.56. The van der Waals surface area contributed by atoms with Crippen molar-refractivity contribution in [3.63, 3.8) is 0 Å². The Morgan fingerprint density at radius 1 is 1.35 bits per heavy atom. The lowest BCUT2D eigenvalue weighted by Gasteiger charge is -2.25.